The maximum Gasteiger partial charge on any atom is 0.181 e. The lowest BCUT2D eigenvalue weighted by molar-refractivity contribution is 0.274. The first kappa shape index (κ1) is 14.4. The van der Waals surface area contributed by atoms with Crippen molar-refractivity contribution in [1.29, 1.82) is 0 Å². The van der Waals surface area contributed by atoms with Crippen LogP contribution < -0.4 is 10.1 Å². The molecule has 3 rings (SSSR count). The zero-order chi connectivity index (χ0) is 15.0. The van der Waals surface area contributed by atoms with Crippen LogP contribution >= 0.6 is 23.2 Å². The molecule has 0 fully saturated rings. The quantitative estimate of drug-likeness (QED) is 0.816. The maximum atomic E-state index is 13.8. The van der Waals surface area contributed by atoms with Crippen molar-refractivity contribution in [3.8, 4) is 5.75 Å². The van der Waals surface area contributed by atoms with Crippen molar-refractivity contribution in [2.24, 2.45) is 0 Å². The second-order valence-electron chi connectivity index (χ2n) is 4.74. The molecule has 2 aromatic rings. The van der Waals surface area contributed by atoms with Gasteiger partial charge in [-0.1, -0.05) is 29.3 Å². The van der Waals surface area contributed by atoms with Gasteiger partial charge in [0.05, 0.1) is 23.4 Å². The van der Waals surface area contributed by atoms with E-state index in [4.69, 9.17) is 27.9 Å². The minimum absolute atomic E-state index is 0.101. The van der Waals surface area contributed by atoms with Crippen molar-refractivity contribution < 1.29 is 13.5 Å². The summed E-state index contributed by atoms with van der Waals surface area (Å²) in [6.07, 6.45) is 0.597. The number of anilines is 1. The number of hydrogen-bond acceptors (Lipinski definition) is 2. The lowest BCUT2D eigenvalue weighted by Crippen LogP contribution is -2.21. The molecule has 110 valence electrons. The van der Waals surface area contributed by atoms with E-state index in [0.29, 0.717) is 28.8 Å². The Kier molecular flexibility index (Phi) is 3.91. The van der Waals surface area contributed by atoms with Crippen molar-refractivity contribution in [2.75, 3.05) is 11.9 Å². The highest BCUT2D eigenvalue weighted by molar-refractivity contribution is 6.35. The van der Waals surface area contributed by atoms with Crippen LogP contribution in [0.15, 0.2) is 30.3 Å². The third-order valence-electron chi connectivity index (χ3n) is 3.35. The zero-order valence-corrected chi connectivity index (χ0v) is 12.3. The molecule has 21 heavy (non-hydrogen) atoms. The monoisotopic (exact) mass is 329 g/mol. The van der Waals surface area contributed by atoms with E-state index in [2.05, 4.69) is 5.32 Å². The average Bonchev–Trinajstić information content (AvgIpc) is 2.44. The Bertz CT molecular complexity index is 694. The Labute approximate surface area is 130 Å². The Hall–Kier alpha value is -1.52. The standard InChI is InChI=1S/C15H11Cl2F2NO/c16-8-6-9-12(4-5-21-15(9)10(17)7-8)20-13-3-1-2-11(18)14(13)19/h1-3,6-7,12,20H,4-5H2. The smallest absolute Gasteiger partial charge is 0.181 e. The summed E-state index contributed by atoms with van der Waals surface area (Å²) in [7, 11) is 0. The molecule has 1 aliphatic rings. The molecule has 1 heterocycles. The number of benzene rings is 2. The van der Waals surface area contributed by atoms with E-state index >= 15 is 0 Å². The van der Waals surface area contributed by atoms with E-state index in [1.807, 2.05) is 0 Å². The molecule has 0 radical (unpaired) electrons. The zero-order valence-electron chi connectivity index (χ0n) is 10.8. The second-order valence-corrected chi connectivity index (χ2v) is 5.59. The van der Waals surface area contributed by atoms with Crippen LogP contribution in [-0.2, 0) is 0 Å². The first-order valence-corrected chi connectivity index (χ1v) is 7.14. The fraction of sp³-hybridized carbons (Fsp3) is 0.200. The highest BCUT2D eigenvalue weighted by Crippen LogP contribution is 2.41. The van der Waals surface area contributed by atoms with E-state index < -0.39 is 11.6 Å². The maximum absolute atomic E-state index is 13.8. The Morgan fingerprint density at radius 2 is 2.00 bits per heavy atom. The summed E-state index contributed by atoms with van der Waals surface area (Å²) >= 11 is 12.1. The Morgan fingerprint density at radius 1 is 1.19 bits per heavy atom. The number of ether oxygens (including phenoxy) is 1. The van der Waals surface area contributed by atoms with Gasteiger partial charge in [0.2, 0.25) is 0 Å². The first-order valence-electron chi connectivity index (χ1n) is 6.38. The molecule has 1 aliphatic heterocycles. The van der Waals surface area contributed by atoms with E-state index in [9.17, 15) is 8.78 Å². The first-order chi connectivity index (χ1) is 10.1. The molecule has 0 bridgehead atoms. The Balaban J connectivity index is 1.97. The number of halogens is 4. The largest absolute Gasteiger partial charge is 0.492 e. The van der Waals surface area contributed by atoms with Crippen molar-refractivity contribution in [1.82, 2.24) is 0 Å². The SMILES string of the molecule is Fc1cccc(NC2CCOc3c(Cl)cc(Cl)cc32)c1F. The molecule has 6 heteroatoms. The number of nitrogens with one attached hydrogen (secondary N) is 1. The van der Waals surface area contributed by atoms with Gasteiger partial charge in [0, 0.05) is 17.0 Å². The van der Waals surface area contributed by atoms with Crippen molar-refractivity contribution in [3.63, 3.8) is 0 Å². The van der Waals surface area contributed by atoms with Crippen LogP contribution in [-0.4, -0.2) is 6.61 Å². The summed E-state index contributed by atoms with van der Waals surface area (Å²) in [6.45, 7) is 0.433. The van der Waals surface area contributed by atoms with Crippen LogP contribution in [0.2, 0.25) is 10.0 Å². The molecule has 0 saturated heterocycles. The van der Waals surface area contributed by atoms with Gasteiger partial charge in [-0.15, -0.1) is 0 Å². The third kappa shape index (κ3) is 2.78. The van der Waals surface area contributed by atoms with Gasteiger partial charge in [0.15, 0.2) is 11.6 Å². The van der Waals surface area contributed by atoms with Crippen LogP contribution in [0.4, 0.5) is 14.5 Å². The summed E-state index contributed by atoms with van der Waals surface area (Å²) in [5, 5.41) is 3.86. The lowest BCUT2D eigenvalue weighted by Gasteiger charge is -2.28. The number of rotatable bonds is 2. The van der Waals surface area contributed by atoms with E-state index in [1.165, 1.54) is 12.1 Å². The molecule has 0 aromatic heterocycles. The van der Waals surface area contributed by atoms with Gasteiger partial charge in [-0.25, -0.2) is 8.78 Å². The van der Waals surface area contributed by atoms with Crippen LogP contribution in [0.1, 0.15) is 18.0 Å². The molecule has 1 atom stereocenters. The van der Waals surface area contributed by atoms with Gasteiger partial charge >= 0.3 is 0 Å². The van der Waals surface area contributed by atoms with Crippen molar-refractivity contribution >= 4 is 28.9 Å². The molecule has 2 nitrogen and oxygen atoms in total. The summed E-state index contributed by atoms with van der Waals surface area (Å²) in [6, 6.07) is 7.07. The summed E-state index contributed by atoms with van der Waals surface area (Å²) < 4.78 is 32.6. The summed E-state index contributed by atoms with van der Waals surface area (Å²) in [5.41, 5.74) is 0.839. The second kappa shape index (κ2) is 5.70. The molecular weight excluding hydrogens is 319 g/mol. The van der Waals surface area contributed by atoms with Crippen LogP contribution in [0.5, 0.6) is 5.75 Å². The minimum Gasteiger partial charge on any atom is -0.492 e. The molecular formula is C15H11Cl2F2NO. The molecule has 2 aromatic carbocycles. The Morgan fingerprint density at radius 3 is 2.81 bits per heavy atom. The van der Waals surface area contributed by atoms with E-state index in [-0.39, 0.29) is 11.7 Å². The van der Waals surface area contributed by atoms with Crippen LogP contribution in [0, 0.1) is 11.6 Å². The van der Waals surface area contributed by atoms with Gasteiger partial charge in [0.1, 0.15) is 5.75 Å². The molecule has 0 saturated carbocycles. The molecule has 1 unspecified atom stereocenters. The van der Waals surface area contributed by atoms with Crippen LogP contribution in [0.25, 0.3) is 0 Å². The number of fused-ring (bicyclic) bond motifs is 1. The van der Waals surface area contributed by atoms with Gasteiger partial charge < -0.3 is 10.1 Å². The van der Waals surface area contributed by atoms with Gasteiger partial charge in [-0.05, 0) is 24.3 Å². The van der Waals surface area contributed by atoms with Crippen molar-refractivity contribution in [2.45, 2.75) is 12.5 Å². The molecule has 1 N–H and O–H groups in total. The fourth-order valence-corrected chi connectivity index (χ4v) is 2.94. The topological polar surface area (TPSA) is 21.3 Å². The predicted octanol–water partition coefficient (Wildman–Crippen LogP) is 5.21. The molecule has 0 amide bonds. The summed E-state index contributed by atoms with van der Waals surface area (Å²) in [5.74, 6) is -1.27. The molecule has 0 spiro atoms. The predicted molar refractivity (Wildman–Crippen MR) is 79.3 cm³/mol. The van der Waals surface area contributed by atoms with Gasteiger partial charge in [-0.3, -0.25) is 0 Å². The van der Waals surface area contributed by atoms with E-state index in [0.717, 1.165) is 11.6 Å². The third-order valence-corrected chi connectivity index (χ3v) is 3.85. The van der Waals surface area contributed by atoms with Gasteiger partial charge in [0.25, 0.3) is 0 Å². The number of hydrogen-bond donors (Lipinski definition) is 1. The molecule has 0 aliphatic carbocycles. The normalized spacial score (nSPS) is 17.0. The highest BCUT2D eigenvalue weighted by atomic mass is 35.5. The van der Waals surface area contributed by atoms with Crippen molar-refractivity contribution in [3.05, 3.63) is 57.6 Å². The lowest BCUT2D eigenvalue weighted by atomic mass is 10.00. The highest BCUT2D eigenvalue weighted by Gasteiger charge is 2.25. The minimum atomic E-state index is -0.904. The fourth-order valence-electron chi connectivity index (χ4n) is 2.38. The van der Waals surface area contributed by atoms with E-state index in [1.54, 1.807) is 12.1 Å². The van der Waals surface area contributed by atoms with Crippen LogP contribution in [0.3, 0.4) is 0 Å². The average molecular weight is 330 g/mol. The van der Waals surface area contributed by atoms with Gasteiger partial charge in [-0.2, -0.15) is 0 Å². The summed E-state index contributed by atoms with van der Waals surface area (Å²) in [4.78, 5) is 0.